The second kappa shape index (κ2) is 4.79. The van der Waals surface area contributed by atoms with Crippen molar-refractivity contribution in [3.63, 3.8) is 0 Å². The summed E-state index contributed by atoms with van der Waals surface area (Å²) in [7, 11) is 0. The quantitative estimate of drug-likeness (QED) is 0.888. The van der Waals surface area contributed by atoms with Crippen LogP contribution in [0.15, 0.2) is 10.7 Å². The van der Waals surface area contributed by atoms with Gasteiger partial charge < -0.3 is 11.1 Å². The lowest BCUT2D eigenvalue weighted by Crippen LogP contribution is -2.14. The molecule has 84 valence electrons. The summed E-state index contributed by atoms with van der Waals surface area (Å²) in [5, 5.41) is 3.23. The molecule has 3 N–H and O–H groups in total. The number of nitrogens with two attached hydrogens (primary N) is 1. The molecule has 4 nitrogen and oxygen atoms in total. The molecule has 0 saturated carbocycles. The van der Waals surface area contributed by atoms with Crippen LogP contribution in [0.5, 0.6) is 0 Å². The lowest BCUT2D eigenvalue weighted by Gasteiger charge is -2.18. The van der Waals surface area contributed by atoms with Gasteiger partial charge in [0.2, 0.25) is 5.95 Å². The van der Waals surface area contributed by atoms with E-state index in [0.29, 0.717) is 5.41 Å². The van der Waals surface area contributed by atoms with Gasteiger partial charge in [-0.3, -0.25) is 0 Å². The molecule has 0 fully saturated rings. The van der Waals surface area contributed by atoms with E-state index in [1.807, 2.05) is 0 Å². The van der Waals surface area contributed by atoms with E-state index in [2.05, 4.69) is 52.0 Å². The number of aromatic nitrogens is 2. The van der Waals surface area contributed by atoms with Gasteiger partial charge in [0, 0.05) is 12.7 Å². The second-order valence-corrected chi connectivity index (χ2v) is 5.52. The van der Waals surface area contributed by atoms with Crippen LogP contribution in [0, 0.1) is 5.41 Å². The third kappa shape index (κ3) is 4.46. The standard InChI is InChI=1S/C10H17BrN4/c1-10(2,3)4-5-13-8-7(11)6-14-9(12)15-8/h6H,4-5H2,1-3H3,(H3,12,13,14,15). The van der Waals surface area contributed by atoms with E-state index in [1.165, 1.54) is 0 Å². The van der Waals surface area contributed by atoms with Crippen molar-refractivity contribution in [2.45, 2.75) is 27.2 Å². The van der Waals surface area contributed by atoms with Crippen molar-refractivity contribution in [3.8, 4) is 0 Å². The zero-order valence-electron chi connectivity index (χ0n) is 9.34. The summed E-state index contributed by atoms with van der Waals surface area (Å²) >= 11 is 3.37. The highest BCUT2D eigenvalue weighted by Gasteiger charge is 2.10. The van der Waals surface area contributed by atoms with Crippen molar-refractivity contribution in [2.24, 2.45) is 5.41 Å². The zero-order chi connectivity index (χ0) is 11.5. The van der Waals surface area contributed by atoms with Gasteiger partial charge in [0.25, 0.3) is 0 Å². The summed E-state index contributed by atoms with van der Waals surface area (Å²) in [6.45, 7) is 7.49. The first-order valence-electron chi connectivity index (χ1n) is 4.90. The van der Waals surface area contributed by atoms with Gasteiger partial charge in [0.05, 0.1) is 4.47 Å². The molecule has 5 heteroatoms. The summed E-state index contributed by atoms with van der Waals surface area (Å²) < 4.78 is 0.839. The summed E-state index contributed by atoms with van der Waals surface area (Å²) in [6, 6.07) is 0. The maximum atomic E-state index is 5.50. The Labute approximate surface area is 98.8 Å². The SMILES string of the molecule is CC(C)(C)CCNc1nc(N)ncc1Br. The molecule has 0 amide bonds. The maximum absolute atomic E-state index is 5.50. The molecule has 1 aromatic heterocycles. The minimum Gasteiger partial charge on any atom is -0.369 e. The fourth-order valence-corrected chi connectivity index (χ4v) is 1.39. The molecule has 0 spiro atoms. The lowest BCUT2D eigenvalue weighted by molar-refractivity contribution is 0.389. The average molecular weight is 273 g/mol. The third-order valence-electron chi connectivity index (χ3n) is 1.93. The van der Waals surface area contributed by atoms with Crippen molar-refractivity contribution >= 4 is 27.7 Å². The smallest absolute Gasteiger partial charge is 0.221 e. The largest absolute Gasteiger partial charge is 0.369 e. The highest BCUT2D eigenvalue weighted by Crippen LogP contribution is 2.21. The summed E-state index contributed by atoms with van der Waals surface area (Å²) in [5.41, 5.74) is 5.82. The zero-order valence-corrected chi connectivity index (χ0v) is 10.9. The lowest BCUT2D eigenvalue weighted by atomic mass is 9.92. The summed E-state index contributed by atoms with van der Waals surface area (Å²) in [4.78, 5) is 7.98. The van der Waals surface area contributed by atoms with Gasteiger partial charge in [-0.2, -0.15) is 4.98 Å². The van der Waals surface area contributed by atoms with E-state index >= 15 is 0 Å². The van der Waals surface area contributed by atoms with Gasteiger partial charge in [0.15, 0.2) is 0 Å². The topological polar surface area (TPSA) is 63.8 Å². The van der Waals surface area contributed by atoms with Crippen LogP contribution in [-0.2, 0) is 0 Å². The molecule has 1 aromatic rings. The monoisotopic (exact) mass is 272 g/mol. The van der Waals surface area contributed by atoms with Gasteiger partial charge in [-0.1, -0.05) is 20.8 Å². The Morgan fingerprint density at radius 3 is 2.73 bits per heavy atom. The number of hydrogen-bond acceptors (Lipinski definition) is 4. The van der Waals surface area contributed by atoms with Crippen LogP contribution in [-0.4, -0.2) is 16.5 Å². The fraction of sp³-hybridized carbons (Fsp3) is 0.600. The number of nitrogen functional groups attached to an aromatic ring is 1. The highest BCUT2D eigenvalue weighted by molar-refractivity contribution is 9.10. The first kappa shape index (κ1) is 12.2. The molecule has 1 rings (SSSR count). The number of halogens is 1. The maximum Gasteiger partial charge on any atom is 0.221 e. The Morgan fingerprint density at radius 2 is 2.13 bits per heavy atom. The van der Waals surface area contributed by atoms with Crippen LogP contribution in [0.3, 0.4) is 0 Å². The number of nitrogens with one attached hydrogen (secondary N) is 1. The van der Waals surface area contributed by atoms with Crippen LogP contribution in [0.4, 0.5) is 11.8 Å². The Balaban J connectivity index is 2.54. The molecule has 1 heterocycles. The Kier molecular flexibility index (Phi) is 3.90. The van der Waals surface area contributed by atoms with Crippen LogP contribution in [0.1, 0.15) is 27.2 Å². The van der Waals surface area contributed by atoms with Gasteiger partial charge >= 0.3 is 0 Å². The Morgan fingerprint density at radius 1 is 1.47 bits per heavy atom. The minimum absolute atomic E-state index is 0.288. The van der Waals surface area contributed by atoms with E-state index in [9.17, 15) is 0 Å². The molecule has 0 saturated heterocycles. The van der Waals surface area contributed by atoms with Gasteiger partial charge in [-0.25, -0.2) is 4.98 Å². The molecular weight excluding hydrogens is 256 g/mol. The minimum atomic E-state index is 0.288. The van der Waals surface area contributed by atoms with E-state index < -0.39 is 0 Å². The van der Waals surface area contributed by atoms with Crippen LogP contribution in [0.25, 0.3) is 0 Å². The number of rotatable bonds is 3. The average Bonchev–Trinajstić information content (AvgIpc) is 2.09. The molecular formula is C10H17BrN4. The fourth-order valence-electron chi connectivity index (χ4n) is 1.06. The molecule has 0 unspecified atom stereocenters. The molecule has 0 aliphatic rings. The highest BCUT2D eigenvalue weighted by atomic mass is 79.9. The first-order chi connectivity index (χ1) is 6.88. The number of nitrogens with zero attached hydrogens (tertiary/aromatic N) is 2. The van der Waals surface area contributed by atoms with Crippen LogP contribution in [0.2, 0.25) is 0 Å². The third-order valence-corrected chi connectivity index (χ3v) is 2.51. The van der Waals surface area contributed by atoms with Crippen molar-refractivity contribution in [1.29, 1.82) is 0 Å². The van der Waals surface area contributed by atoms with Gasteiger partial charge in [0.1, 0.15) is 5.82 Å². The van der Waals surface area contributed by atoms with E-state index in [1.54, 1.807) is 6.20 Å². The van der Waals surface area contributed by atoms with Crippen molar-refractivity contribution in [3.05, 3.63) is 10.7 Å². The molecule has 0 aliphatic carbocycles. The Hall–Kier alpha value is -0.840. The predicted molar refractivity (Wildman–Crippen MR) is 66.7 cm³/mol. The summed E-state index contributed by atoms with van der Waals surface area (Å²) in [6.07, 6.45) is 2.73. The van der Waals surface area contributed by atoms with Crippen molar-refractivity contribution in [1.82, 2.24) is 9.97 Å². The van der Waals surface area contributed by atoms with E-state index in [-0.39, 0.29) is 5.95 Å². The molecule has 15 heavy (non-hydrogen) atoms. The number of hydrogen-bond donors (Lipinski definition) is 2. The second-order valence-electron chi connectivity index (χ2n) is 4.66. The van der Waals surface area contributed by atoms with Crippen molar-refractivity contribution in [2.75, 3.05) is 17.6 Å². The Bertz CT molecular complexity index is 333. The molecule has 0 bridgehead atoms. The van der Waals surface area contributed by atoms with E-state index in [4.69, 9.17) is 5.73 Å². The first-order valence-corrected chi connectivity index (χ1v) is 5.70. The van der Waals surface area contributed by atoms with Gasteiger partial charge in [-0.15, -0.1) is 0 Å². The normalized spacial score (nSPS) is 11.5. The predicted octanol–water partition coefficient (Wildman–Crippen LogP) is 2.67. The number of anilines is 2. The van der Waals surface area contributed by atoms with E-state index in [0.717, 1.165) is 23.3 Å². The van der Waals surface area contributed by atoms with Crippen molar-refractivity contribution < 1.29 is 0 Å². The van der Waals surface area contributed by atoms with Crippen LogP contribution >= 0.6 is 15.9 Å². The molecule has 0 aromatic carbocycles. The summed E-state index contributed by atoms with van der Waals surface area (Å²) in [5.74, 6) is 1.04. The molecule has 0 atom stereocenters. The van der Waals surface area contributed by atoms with Gasteiger partial charge in [-0.05, 0) is 27.8 Å². The molecule has 0 radical (unpaired) electrons. The molecule has 0 aliphatic heterocycles. The van der Waals surface area contributed by atoms with Crippen LogP contribution < -0.4 is 11.1 Å².